The minimum atomic E-state index is -0.143. The number of benzene rings is 1. The Labute approximate surface area is 95.7 Å². The summed E-state index contributed by atoms with van der Waals surface area (Å²) < 4.78 is 1.79. The van der Waals surface area contributed by atoms with Gasteiger partial charge in [0.25, 0.3) is 5.56 Å². The van der Waals surface area contributed by atoms with E-state index in [2.05, 4.69) is 11.6 Å². The van der Waals surface area contributed by atoms with Crippen LogP contribution in [0.25, 0.3) is 10.1 Å². The molecule has 0 saturated carbocycles. The molecule has 0 aliphatic carbocycles. The van der Waals surface area contributed by atoms with Crippen LogP contribution in [0, 0.1) is 0 Å². The summed E-state index contributed by atoms with van der Waals surface area (Å²) in [6.07, 6.45) is 1.80. The number of nitrogens with zero attached hydrogens (tertiary/aromatic N) is 1. The van der Waals surface area contributed by atoms with Crippen LogP contribution in [0.5, 0.6) is 0 Å². The van der Waals surface area contributed by atoms with Crippen molar-refractivity contribution < 1.29 is 0 Å². The third kappa shape index (κ3) is 2.27. The Hall–Kier alpha value is -1.13. The molecule has 76 valence electrons. The summed E-state index contributed by atoms with van der Waals surface area (Å²) in [4.78, 5) is 15.6. The Bertz CT molecular complexity index is 548. The molecule has 0 aliphatic heterocycles. The van der Waals surface area contributed by atoms with Crippen LogP contribution < -0.4 is 5.56 Å². The molecule has 2 aromatic rings. The summed E-state index contributed by atoms with van der Waals surface area (Å²) in [5.74, 6) is 0.779. The summed E-state index contributed by atoms with van der Waals surface area (Å²) in [6, 6.07) is 7.54. The molecule has 0 saturated heterocycles. The van der Waals surface area contributed by atoms with Crippen molar-refractivity contribution in [2.24, 2.45) is 0 Å². The molecule has 0 radical (unpaired) electrons. The number of hydrogen-bond donors (Lipinski definition) is 0. The van der Waals surface area contributed by atoms with Crippen molar-refractivity contribution in [3.63, 3.8) is 0 Å². The lowest BCUT2D eigenvalue weighted by Crippen LogP contribution is -2.05. The third-order valence-electron chi connectivity index (χ3n) is 1.83. The molecule has 0 amide bonds. The minimum absolute atomic E-state index is 0.143. The number of rotatable bonds is 3. The van der Waals surface area contributed by atoms with Gasteiger partial charge in [0.15, 0.2) is 4.34 Å². The normalized spacial score (nSPS) is 10.4. The van der Waals surface area contributed by atoms with Gasteiger partial charge in [-0.1, -0.05) is 30.0 Å². The average Bonchev–Trinajstić information content (AvgIpc) is 2.26. The first-order chi connectivity index (χ1) is 7.31. The Morgan fingerprint density at radius 3 is 3.07 bits per heavy atom. The van der Waals surface area contributed by atoms with Crippen LogP contribution in [0.4, 0.5) is 0 Å². The van der Waals surface area contributed by atoms with Gasteiger partial charge in [-0.2, -0.15) is 4.98 Å². The van der Waals surface area contributed by atoms with Crippen molar-refractivity contribution in [1.29, 1.82) is 0 Å². The monoisotopic (exact) mass is 235 g/mol. The Balaban J connectivity index is 2.52. The molecule has 4 heteroatoms. The highest BCUT2D eigenvalue weighted by molar-refractivity contribution is 8.01. The van der Waals surface area contributed by atoms with E-state index in [1.807, 2.05) is 24.3 Å². The molecule has 0 aliphatic rings. The van der Waals surface area contributed by atoms with Crippen LogP contribution in [0.3, 0.4) is 0 Å². The first kappa shape index (κ1) is 10.4. The first-order valence-electron chi connectivity index (χ1n) is 4.45. The van der Waals surface area contributed by atoms with Crippen molar-refractivity contribution >= 4 is 33.2 Å². The Morgan fingerprint density at radius 1 is 1.47 bits per heavy atom. The molecule has 0 fully saturated rings. The van der Waals surface area contributed by atoms with E-state index in [-0.39, 0.29) is 5.56 Å². The fourth-order valence-electron chi connectivity index (χ4n) is 1.18. The van der Waals surface area contributed by atoms with Crippen LogP contribution in [0.1, 0.15) is 0 Å². The van der Waals surface area contributed by atoms with Gasteiger partial charge in [0.1, 0.15) is 0 Å². The molecule has 2 rings (SSSR count). The van der Waals surface area contributed by atoms with Crippen molar-refractivity contribution in [3.05, 3.63) is 47.3 Å². The van der Waals surface area contributed by atoms with E-state index in [1.165, 1.54) is 11.8 Å². The van der Waals surface area contributed by atoms with E-state index in [0.717, 1.165) is 14.8 Å². The smallest absolute Gasteiger partial charge is 0.267 e. The van der Waals surface area contributed by atoms with Crippen LogP contribution in [-0.2, 0) is 0 Å². The molecule has 15 heavy (non-hydrogen) atoms. The summed E-state index contributed by atoms with van der Waals surface area (Å²) in [7, 11) is 0. The van der Waals surface area contributed by atoms with Gasteiger partial charge in [-0.25, -0.2) is 0 Å². The maximum Gasteiger partial charge on any atom is 0.280 e. The van der Waals surface area contributed by atoms with Crippen LogP contribution in [-0.4, -0.2) is 10.7 Å². The zero-order chi connectivity index (χ0) is 10.7. The predicted molar refractivity (Wildman–Crippen MR) is 66.8 cm³/mol. The fourth-order valence-corrected chi connectivity index (χ4v) is 3.03. The van der Waals surface area contributed by atoms with Crippen molar-refractivity contribution in [2.45, 2.75) is 4.34 Å². The summed E-state index contributed by atoms with van der Waals surface area (Å²) in [5, 5.41) is 0.699. The second kappa shape index (κ2) is 4.59. The van der Waals surface area contributed by atoms with E-state index in [4.69, 9.17) is 0 Å². The second-order valence-corrected chi connectivity index (χ2v) is 5.18. The predicted octanol–water partition coefficient (Wildman–Crippen LogP) is 2.93. The topological polar surface area (TPSA) is 30.0 Å². The number of aromatic nitrogens is 1. The lowest BCUT2D eigenvalue weighted by molar-refractivity contribution is 1.17. The average molecular weight is 235 g/mol. The van der Waals surface area contributed by atoms with Crippen molar-refractivity contribution in [3.8, 4) is 0 Å². The van der Waals surface area contributed by atoms with Gasteiger partial charge >= 0.3 is 0 Å². The summed E-state index contributed by atoms with van der Waals surface area (Å²) in [6.45, 7) is 3.64. The highest BCUT2D eigenvalue weighted by Gasteiger charge is 2.03. The minimum Gasteiger partial charge on any atom is -0.267 e. The Morgan fingerprint density at radius 2 is 2.27 bits per heavy atom. The summed E-state index contributed by atoms with van der Waals surface area (Å²) >= 11 is 3.08. The van der Waals surface area contributed by atoms with Gasteiger partial charge in [-0.05, 0) is 12.1 Å². The number of fused-ring (bicyclic) bond motifs is 1. The molecule has 0 bridgehead atoms. The molecule has 1 aromatic carbocycles. The second-order valence-electron chi connectivity index (χ2n) is 2.88. The van der Waals surface area contributed by atoms with Crippen LogP contribution in [0.2, 0.25) is 0 Å². The third-order valence-corrected chi connectivity index (χ3v) is 4.02. The molecule has 0 N–H and O–H groups in total. The van der Waals surface area contributed by atoms with Crippen molar-refractivity contribution in [1.82, 2.24) is 4.98 Å². The van der Waals surface area contributed by atoms with Gasteiger partial charge in [-0.3, -0.25) is 4.79 Å². The SMILES string of the molecule is C=CCSc1nc(=O)c2ccccc2s1. The van der Waals surface area contributed by atoms with Crippen LogP contribution in [0.15, 0.2) is 46.1 Å². The van der Waals surface area contributed by atoms with E-state index < -0.39 is 0 Å². The first-order valence-corrected chi connectivity index (χ1v) is 6.25. The molecule has 0 atom stereocenters. The zero-order valence-corrected chi connectivity index (χ0v) is 9.61. The standard InChI is InChI=1S/C11H9NOS2/c1-2-7-14-11-12-10(13)8-5-3-4-6-9(8)15-11/h2-6H,1,7H2. The largest absolute Gasteiger partial charge is 0.280 e. The Kier molecular flexibility index (Phi) is 3.18. The molecule has 0 unspecified atom stereocenters. The van der Waals surface area contributed by atoms with Gasteiger partial charge in [0, 0.05) is 10.5 Å². The molecular formula is C11H9NOS2. The van der Waals surface area contributed by atoms with Gasteiger partial charge in [0.2, 0.25) is 0 Å². The summed E-state index contributed by atoms with van der Waals surface area (Å²) in [5.41, 5.74) is -0.143. The van der Waals surface area contributed by atoms with Gasteiger partial charge < -0.3 is 0 Å². The molecular weight excluding hydrogens is 226 g/mol. The van der Waals surface area contributed by atoms with Gasteiger partial charge in [-0.15, -0.1) is 17.9 Å². The van der Waals surface area contributed by atoms with E-state index in [9.17, 15) is 4.79 Å². The van der Waals surface area contributed by atoms with E-state index >= 15 is 0 Å². The lowest BCUT2D eigenvalue weighted by Gasteiger charge is -1.98. The van der Waals surface area contributed by atoms with Gasteiger partial charge in [0.05, 0.1) is 5.39 Å². The van der Waals surface area contributed by atoms with Crippen molar-refractivity contribution in [2.75, 3.05) is 5.75 Å². The maximum atomic E-state index is 11.6. The molecule has 2 nitrogen and oxygen atoms in total. The van der Waals surface area contributed by atoms with E-state index in [0.29, 0.717) is 5.39 Å². The maximum absolute atomic E-state index is 11.6. The zero-order valence-electron chi connectivity index (χ0n) is 7.97. The lowest BCUT2D eigenvalue weighted by atomic mass is 10.3. The fraction of sp³-hybridized carbons (Fsp3) is 0.0909. The molecule has 1 heterocycles. The molecule has 1 aromatic heterocycles. The molecule has 0 spiro atoms. The quantitative estimate of drug-likeness (QED) is 0.605. The number of thioether (sulfide) groups is 1. The highest BCUT2D eigenvalue weighted by atomic mass is 32.2. The highest BCUT2D eigenvalue weighted by Crippen LogP contribution is 2.24. The van der Waals surface area contributed by atoms with E-state index in [1.54, 1.807) is 17.4 Å². The van der Waals surface area contributed by atoms with Crippen LogP contribution >= 0.6 is 23.1 Å². The number of hydrogen-bond acceptors (Lipinski definition) is 4.